The molecule has 22 heavy (non-hydrogen) atoms. The first-order chi connectivity index (χ1) is 10.1. The summed E-state index contributed by atoms with van der Waals surface area (Å²) in [4.78, 5) is 0. The van der Waals surface area contributed by atoms with Crippen LogP contribution in [-0.4, -0.2) is 28.4 Å². The first kappa shape index (κ1) is 24.8. The van der Waals surface area contributed by atoms with E-state index in [9.17, 15) is 9.13 Å². The number of halogens is 4. The van der Waals surface area contributed by atoms with E-state index in [1.807, 2.05) is 0 Å². The third-order valence-corrected chi connectivity index (χ3v) is 4.31. The average Bonchev–Trinajstić information content (AvgIpc) is 2.51. The maximum Gasteiger partial charge on any atom is 0.529 e. The summed E-state index contributed by atoms with van der Waals surface area (Å²) in [5.41, 5.74) is 0. The second-order valence-corrected chi connectivity index (χ2v) is 8.34. The normalized spacial score (nSPS) is 10.9. The van der Waals surface area contributed by atoms with Crippen molar-refractivity contribution in [2.24, 2.45) is 0 Å². The van der Waals surface area contributed by atoms with Gasteiger partial charge in [0, 0.05) is 28.4 Å². The molecular weight excluding hydrogens is 428 g/mol. The van der Waals surface area contributed by atoms with E-state index in [0.29, 0.717) is 0 Å². The van der Waals surface area contributed by atoms with Gasteiger partial charge in [-0.05, 0) is 0 Å². The molecule has 0 amide bonds. The molecule has 0 fully saturated rings. The Morgan fingerprint density at radius 3 is 1.05 bits per heavy atom. The van der Waals surface area contributed by atoms with Gasteiger partial charge in [-0.3, -0.25) is 18.1 Å². The highest BCUT2D eigenvalue weighted by Crippen LogP contribution is 2.48. The van der Waals surface area contributed by atoms with Gasteiger partial charge in [0.1, 0.15) is 21.5 Å². The smallest absolute Gasteiger partial charge is 0.409 e. The summed E-state index contributed by atoms with van der Waals surface area (Å²) in [5, 5.41) is 0. The summed E-state index contributed by atoms with van der Waals surface area (Å²) >= 11 is 20.7. The van der Waals surface area contributed by atoms with Crippen molar-refractivity contribution < 1.29 is 36.3 Å². The molecule has 0 atom stereocenters. The molecule has 0 radical (unpaired) electrons. The van der Waals surface area contributed by atoms with Crippen LogP contribution in [0.15, 0.2) is 21.5 Å². The van der Waals surface area contributed by atoms with E-state index in [2.05, 4.69) is 27.1 Å². The number of hydrogen-bond donors (Lipinski definition) is 0. The maximum atomic E-state index is 11.0. The van der Waals surface area contributed by atoms with Crippen LogP contribution in [0.2, 0.25) is 0 Å². The second kappa shape index (κ2) is 12.9. The zero-order chi connectivity index (χ0) is 17.8. The molecule has 0 bridgehead atoms. The fourth-order valence-electron chi connectivity index (χ4n) is 0.530. The minimum Gasteiger partial charge on any atom is -0.409 e. The number of hydrogen-bond acceptors (Lipinski definition) is 8. The lowest BCUT2D eigenvalue weighted by Gasteiger charge is -2.10. The van der Waals surface area contributed by atoms with Crippen LogP contribution >= 0.6 is 62.0 Å². The van der Waals surface area contributed by atoms with Crippen molar-refractivity contribution in [2.75, 3.05) is 28.4 Å². The molecule has 132 valence electrons. The van der Waals surface area contributed by atoms with Crippen LogP contribution in [0.25, 0.3) is 0 Å². The van der Waals surface area contributed by atoms with E-state index in [4.69, 9.17) is 46.4 Å². The minimum absolute atomic E-state index is 0.167. The Bertz CT molecular complexity index is 403. The van der Waals surface area contributed by atoms with Gasteiger partial charge in [-0.1, -0.05) is 46.4 Å². The van der Waals surface area contributed by atoms with Crippen molar-refractivity contribution in [1.82, 2.24) is 0 Å². The zero-order valence-electron chi connectivity index (χ0n) is 11.8. The summed E-state index contributed by atoms with van der Waals surface area (Å²) in [6.07, 6.45) is 1.74. The SMILES string of the molecule is COP(=O)(OC)OC=C(Cl)Cl.COP(=O)(OC)OC=C(Cl)Cl. The Balaban J connectivity index is 0. The van der Waals surface area contributed by atoms with Crippen LogP contribution < -0.4 is 0 Å². The topological polar surface area (TPSA) is 89.5 Å². The zero-order valence-corrected chi connectivity index (χ0v) is 16.6. The largest absolute Gasteiger partial charge is 0.529 e. The third-order valence-electron chi connectivity index (χ3n) is 1.44. The molecule has 14 heteroatoms. The summed E-state index contributed by atoms with van der Waals surface area (Å²) < 4.78 is 48.2. The molecule has 0 aliphatic carbocycles. The molecule has 0 aromatic rings. The quantitative estimate of drug-likeness (QED) is 0.367. The molecule has 0 spiro atoms. The standard InChI is InChI=1S/2C4H7Cl2O4P/c2*1-8-11(7,9-2)10-3-4(5)6/h2*3H,1-2H3. The Morgan fingerprint density at radius 1 is 0.682 bits per heavy atom. The highest BCUT2D eigenvalue weighted by Gasteiger charge is 2.22. The lowest BCUT2D eigenvalue weighted by atomic mass is 11.2. The summed E-state index contributed by atoms with van der Waals surface area (Å²) in [6.45, 7) is 0. The van der Waals surface area contributed by atoms with Crippen LogP contribution in [0.1, 0.15) is 0 Å². The van der Waals surface area contributed by atoms with Crippen molar-refractivity contribution in [3.05, 3.63) is 21.5 Å². The molecule has 0 N–H and O–H groups in total. The van der Waals surface area contributed by atoms with Crippen LogP contribution in [0.4, 0.5) is 0 Å². The second-order valence-electron chi connectivity index (χ2n) is 2.65. The summed E-state index contributed by atoms with van der Waals surface area (Å²) in [5.74, 6) is 0. The average molecular weight is 442 g/mol. The fraction of sp³-hybridized carbons (Fsp3) is 0.500. The van der Waals surface area contributed by atoms with Gasteiger partial charge in [0.05, 0.1) is 0 Å². The van der Waals surface area contributed by atoms with Crippen LogP contribution in [-0.2, 0) is 36.3 Å². The fourth-order valence-corrected chi connectivity index (χ4v) is 2.07. The number of rotatable bonds is 8. The molecule has 0 aromatic heterocycles. The van der Waals surface area contributed by atoms with Crippen molar-refractivity contribution in [2.45, 2.75) is 0 Å². The van der Waals surface area contributed by atoms with Crippen molar-refractivity contribution in [1.29, 1.82) is 0 Å². The molecule has 0 rings (SSSR count). The molecule has 0 heterocycles. The van der Waals surface area contributed by atoms with E-state index in [-0.39, 0.29) is 8.98 Å². The van der Waals surface area contributed by atoms with E-state index >= 15 is 0 Å². The van der Waals surface area contributed by atoms with Crippen LogP contribution in [0, 0.1) is 0 Å². The molecule has 0 aromatic carbocycles. The van der Waals surface area contributed by atoms with Crippen LogP contribution in [0.5, 0.6) is 0 Å². The highest BCUT2D eigenvalue weighted by molar-refractivity contribution is 7.48. The minimum atomic E-state index is -3.48. The van der Waals surface area contributed by atoms with Gasteiger partial charge >= 0.3 is 15.6 Å². The molecular formula is C8H14Cl4O8P2. The maximum absolute atomic E-state index is 11.0. The molecule has 0 saturated carbocycles. The number of phosphoric ester groups is 2. The first-order valence-corrected chi connectivity index (χ1v) is 9.33. The first-order valence-electron chi connectivity index (χ1n) is 4.90. The molecule has 0 unspecified atom stereocenters. The Kier molecular flexibility index (Phi) is 14.5. The summed E-state index contributed by atoms with van der Waals surface area (Å²) in [6, 6.07) is 0. The van der Waals surface area contributed by atoms with E-state index in [0.717, 1.165) is 12.5 Å². The van der Waals surface area contributed by atoms with E-state index in [1.165, 1.54) is 28.4 Å². The predicted octanol–water partition coefficient (Wildman–Crippen LogP) is 5.36. The molecule has 0 saturated heterocycles. The van der Waals surface area contributed by atoms with Gasteiger partial charge < -0.3 is 9.05 Å². The monoisotopic (exact) mass is 440 g/mol. The Labute approximate surface area is 148 Å². The van der Waals surface area contributed by atoms with Gasteiger partial charge in [0.25, 0.3) is 0 Å². The third kappa shape index (κ3) is 13.0. The van der Waals surface area contributed by atoms with E-state index < -0.39 is 15.6 Å². The Morgan fingerprint density at radius 2 is 0.909 bits per heavy atom. The lowest BCUT2D eigenvalue weighted by Crippen LogP contribution is -1.88. The molecule has 8 nitrogen and oxygen atoms in total. The highest BCUT2D eigenvalue weighted by atomic mass is 35.5. The van der Waals surface area contributed by atoms with E-state index in [1.54, 1.807) is 0 Å². The van der Waals surface area contributed by atoms with Crippen molar-refractivity contribution in [3.63, 3.8) is 0 Å². The number of phosphoric acid groups is 2. The van der Waals surface area contributed by atoms with Gasteiger partial charge in [0.2, 0.25) is 0 Å². The van der Waals surface area contributed by atoms with Crippen molar-refractivity contribution in [3.8, 4) is 0 Å². The molecule has 0 aliphatic heterocycles. The van der Waals surface area contributed by atoms with Gasteiger partial charge in [-0.25, -0.2) is 9.13 Å². The van der Waals surface area contributed by atoms with Crippen LogP contribution in [0.3, 0.4) is 0 Å². The van der Waals surface area contributed by atoms with Crippen molar-refractivity contribution >= 4 is 62.0 Å². The van der Waals surface area contributed by atoms with Gasteiger partial charge in [-0.2, -0.15) is 0 Å². The van der Waals surface area contributed by atoms with Gasteiger partial charge in [-0.15, -0.1) is 0 Å². The molecule has 0 aliphatic rings. The predicted molar refractivity (Wildman–Crippen MR) is 85.0 cm³/mol. The summed E-state index contributed by atoms with van der Waals surface area (Å²) in [7, 11) is -2.24. The van der Waals surface area contributed by atoms with Gasteiger partial charge in [0.15, 0.2) is 0 Å². The lowest BCUT2D eigenvalue weighted by molar-refractivity contribution is 0.192. The Hall–Kier alpha value is 0.540.